The molecule has 0 spiro atoms. The summed E-state index contributed by atoms with van der Waals surface area (Å²) in [5.41, 5.74) is 1.97. The van der Waals surface area contributed by atoms with Crippen molar-refractivity contribution >= 4 is 22.5 Å². The van der Waals surface area contributed by atoms with Crippen molar-refractivity contribution in [3.8, 4) is 5.75 Å². The van der Waals surface area contributed by atoms with Crippen LogP contribution in [0.2, 0.25) is 0 Å². The normalized spacial score (nSPS) is 10.6. The van der Waals surface area contributed by atoms with E-state index in [2.05, 4.69) is 10.3 Å². The molecule has 3 rings (SSSR count). The van der Waals surface area contributed by atoms with Crippen LogP contribution in [0.1, 0.15) is 5.89 Å². The first-order valence-corrected chi connectivity index (χ1v) is 6.58. The number of nitro benzene ring substituents is 1. The number of hydrogen-bond acceptors (Lipinski definition) is 6. The van der Waals surface area contributed by atoms with Crippen LogP contribution in [0.3, 0.4) is 0 Å². The van der Waals surface area contributed by atoms with Gasteiger partial charge >= 0.3 is 0 Å². The lowest BCUT2D eigenvalue weighted by molar-refractivity contribution is -0.384. The lowest BCUT2D eigenvalue weighted by Crippen LogP contribution is -2.02. The second kappa shape index (κ2) is 5.72. The van der Waals surface area contributed by atoms with E-state index in [0.717, 1.165) is 5.52 Å². The zero-order valence-corrected chi connectivity index (χ0v) is 11.8. The van der Waals surface area contributed by atoms with Gasteiger partial charge in [0.2, 0.25) is 5.89 Å². The minimum atomic E-state index is -0.454. The van der Waals surface area contributed by atoms with E-state index in [1.54, 1.807) is 6.07 Å². The number of para-hydroxylation sites is 2. The Morgan fingerprint density at radius 3 is 2.86 bits per heavy atom. The molecule has 0 aliphatic rings. The van der Waals surface area contributed by atoms with Gasteiger partial charge in [-0.2, -0.15) is 0 Å². The van der Waals surface area contributed by atoms with Crippen LogP contribution in [0.4, 0.5) is 11.4 Å². The molecule has 0 amide bonds. The number of non-ortho nitro benzene ring substituents is 1. The third kappa shape index (κ3) is 2.69. The number of benzene rings is 2. The zero-order valence-electron chi connectivity index (χ0n) is 11.8. The Kier molecular flexibility index (Phi) is 3.61. The van der Waals surface area contributed by atoms with Gasteiger partial charge in [-0.25, -0.2) is 4.98 Å². The highest BCUT2D eigenvalue weighted by Crippen LogP contribution is 2.29. The van der Waals surface area contributed by atoms with Crippen molar-refractivity contribution in [2.45, 2.75) is 6.54 Å². The number of anilines is 1. The summed E-state index contributed by atoms with van der Waals surface area (Å²) in [7, 11) is 1.51. The number of hydrogen-bond donors (Lipinski definition) is 1. The number of fused-ring (bicyclic) bond motifs is 1. The van der Waals surface area contributed by atoms with Crippen LogP contribution in [0.5, 0.6) is 5.75 Å². The lowest BCUT2D eigenvalue weighted by Gasteiger charge is -2.09. The number of aromatic nitrogens is 1. The van der Waals surface area contributed by atoms with Gasteiger partial charge in [0.1, 0.15) is 11.3 Å². The molecular weight excluding hydrogens is 286 g/mol. The van der Waals surface area contributed by atoms with Gasteiger partial charge in [-0.3, -0.25) is 10.1 Å². The van der Waals surface area contributed by atoms with E-state index in [0.29, 0.717) is 29.5 Å². The minimum Gasteiger partial charge on any atom is -0.495 e. The highest BCUT2D eigenvalue weighted by atomic mass is 16.6. The predicted molar refractivity (Wildman–Crippen MR) is 81.0 cm³/mol. The van der Waals surface area contributed by atoms with Crippen LogP contribution in [0.25, 0.3) is 11.1 Å². The first kappa shape index (κ1) is 13.9. The minimum absolute atomic E-state index is 0.0131. The SMILES string of the molecule is COc1ccc([N+](=O)[O-])cc1NCc1nc2ccccc2o1. The van der Waals surface area contributed by atoms with E-state index in [9.17, 15) is 10.1 Å². The summed E-state index contributed by atoms with van der Waals surface area (Å²) < 4.78 is 10.8. The number of rotatable bonds is 5. The maximum Gasteiger partial charge on any atom is 0.271 e. The van der Waals surface area contributed by atoms with Crippen molar-refractivity contribution in [1.82, 2.24) is 4.98 Å². The highest BCUT2D eigenvalue weighted by molar-refractivity contribution is 5.72. The molecule has 0 radical (unpaired) electrons. The molecule has 112 valence electrons. The van der Waals surface area contributed by atoms with Crippen LogP contribution >= 0.6 is 0 Å². The Bertz CT molecular complexity index is 796. The van der Waals surface area contributed by atoms with Gasteiger partial charge in [0.25, 0.3) is 5.69 Å². The fourth-order valence-corrected chi connectivity index (χ4v) is 2.11. The van der Waals surface area contributed by atoms with Gasteiger partial charge in [0, 0.05) is 12.1 Å². The fourth-order valence-electron chi connectivity index (χ4n) is 2.11. The van der Waals surface area contributed by atoms with E-state index in [4.69, 9.17) is 9.15 Å². The molecule has 1 aromatic heterocycles. The summed E-state index contributed by atoms with van der Waals surface area (Å²) in [5.74, 6) is 1.01. The Hall–Kier alpha value is -3.09. The molecule has 2 aromatic carbocycles. The standard InChI is InChI=1S/C15H13N3O4/c1-21-13-7-6-10(18(19)20)8-12(13)16-9-15-17-11-4-2-3-5-14(11)22-15/h2-8,16H,9H2,1H3. The molecule has 0 aliphatic carbocycles. The molecule has 0 aliphatic heterocycles. The van der Waals surface area contributed by atoms with Crippen molar-refractivity contribution in [2.24, 2.45) is 0 Å². The summed E-state index contributed by atoms with van der Waals surface area (Å²) >= 11 is 0. The highest BCUT2D eigenvalue weighted by Gasteiger charge is 2.12. The first-order valence-electron chi connectivity index (χ1n) is 6.58. The number of nitrogens with zero attached hydrogens (tertiary/aromatic N) is 2. The van der Waals surface area contributed by atoms with Crippen LogP contribution in [-0.4, -0.2) is 17.0 Å². The van der Waals surface area contributed by atoms with E-state index in [1.165, 1.54) is 19.2 Å². The third-order valence-electron chi connectivity index (χ3n) is 3.16. The molecular formula is C15H13N3O4. The number of nitrogens with one attached hydrogen (secondary N) is 1. The molecule has 0 saturated heterocycles. The molecule has 7 heteroatoms. The van der Waals surface area contributed by atoms with Gasteiger partial charge in [-0.05, 0) is 18.2 Å². The van der Waals surface area contributed by atoms with Crippen LogP contribution < -0.4 is 10.1 Å². The van der Waals surface area contributed by atoms with Crippen molar-refractivity contribution in [2.75, 3.05) is 12.4 Å². The van der Waals surface area contributed by atoms with Gasteiger partial charge in [0.05, 0.1) is 24.3 Å². The number of methoxy groups -OCH3 is 1. The Labute approximate surface area is 125 Å². The van der Waals surface area contributed by atoms with Crippen LogP contribution in [0.15, 0.2) is 46.9 Å². The molecule has 3 aromatic rings. The van der Waals surface area contributed by atoms with E-state index >= 15 is 0 Å². The smallest absolute Gasteiger partial charge is 0.271 e. The van der Waals surface area contributed by atoms with Crippen molar-refractivity contribution < 1.29 is 14.1 Å². The Morgan fingerprint density at radius 2 is 2.14 bits per heavy atom. The first-order chi connectivity index (χ1) is 10.7. The zero-order chi connectivity index (χ0) is 15.5. The molecule has 0 unspecified atom stereocenters. The van der Waals surface area contributed by atoms with Gasteiger partial charge in [0.15, 0.2) is 5.58 Å². The van der Waals surface area contributed by atoms with Gasteiger partial charge in [-0.15, -0.1) is 0 Å². The maximum absolute atomic E-state index is 10.9. The number of oxazole rings is 1. The topological polar surface area (TPSA) is 90.4 Å². The van der Waals surface area contributed by atoms with Crippen LogP contribution in [0, 0.1) is 10.1 Å². The molecule has 1 N–H and O–H groups in total. The quantitative estimate of drug-likeness (QED) is 0.574. The lowest BCUT2D eigenvalue weighted by atomic mass is 10.2. The second-order valence-electron chi connectivity index (χ2n) is 4.57. The largest absolute Gasteiger partial charge is 0.495 e. The third-order valence-corrected chi connectivity index (χ3v) is 3.16. The summed E-state index contributed by atoms with van der Waals surface area (Å²) in [4.78, 5) is 14.7. The summed E-state index contributed by atoms with van der Waals surface area (Å²) in [6, 6.07) is 11.8. The molecule has 0 bridgehead atoms. The Morgan fingerprint density at radius 1 is 1.32 bits per heavy atom. The maximum atomic E-state index is 10.9. The van der Waals surface area contributed by atoms with E-state index in [-0.39, 0.29) is 5.69 Å². The predicted octanol–water partition coefficient (Wildman–Crippen LogP) is 3.36. The Balaban J connectivity index is 1.83. The average Bonchev–Trinajstić information content (AvgIpc) is 2.95. The average molecular weight is 299 g/mol. The molecule has 0 atom stereocenters. The number of nitro groups is 1. The second-order valence-corrected chi connectivity index (χ2v) is 4.57. The molecule has 22 heavy (non-hydrogen) atoms. The molecule has 7 nitrogen and oxygen atoms in total. The fraction of sp³-hybridized carbons (Fsp3) is 0.133. The summed E-state index contributed by atoms with van der Waals surface area (Å²) in [6.45, 7) is 0.298. The van der Waals surface area contributed by atoms with Crippen molar-refractivity contribution in [3.05, 3.63) is 58.5 Å². The molecule has 0 fully saturated rings. The van der Waals surface area contributed by atoms with E-state index < -0.39 is 4.92 Å². The molecule has 1 heterocycles. The molecule has 0 saturated carbocycles. The van der Waals surface area contributed by atoms with Crippen LogP contribution in [-0.2, 0) is 6.54 Å². The summed E-state index contributed by atoms with van der Waals surface area (Å²) in [5, 5.41) is 13.9. The van der Waals surface area contributed by atoms with Gasteiger partial charge in [-0.1, -0.05) is 12.1 Å². The van der Waals surface area contributed by atoms with Gasteiger partial charge < -0.3 is 14.5 Å². The van der Waals surface area contributed by atoms with Crippen molar-refractivity contribution in [3.63, 3.8) is 0 Å². The van der Waals surface area contributed by atoms with E-state index in [1.807, 2.05) is 24.3 Å². The number of ether oxygens (including phenoxy) is 1. The monoisotopic (exact) mass is 299 g/mol. The summed E-state index contributed by atoms with van der Waals surface area (Å²) in [6.07, 6.45) is 0. The van der Waals surface area contributed by atoms with Crippen molar-refractivity contribution in [1.29, 1.82) is 0 Å².